The normalized spacial score (nSPS) is 10.4. The van der Waals surface area contributed by atoms with E-state index in [-0.39, 0.29) is 0 Å². The average molecular weight is 245 g/mol. The van der Waals surface area contributed by atoms with Crippen LogP contribution in [-0.4, -0.2) is 6.61 Å². The van der Waals surface area contributed by atoms with Gasteiger partial charge in [-0.05, 0) is 56.2 Å². The van der Waals surface area contributed by atoms with Gasteiger partial charge in [-0.3, -0.25) is 0 Å². The molecule has 2 aromatic rings. The van der Waals surface area contributed by atoms with Crippen molar-refractivity contribution in [2.45, 2.75) is 27.3 Å². The van der Waals surface area contributed by atoms with Crippen LogP contribution < -0.4 is 10.1 Å². The molecule has 2 rings (SSSR count). The Kier molecular flexibility index (Phi) is 3.92. The first kappa shape index (κ1) is 12.6. The Morgan fingerprint density at radius 3 is 2.61 bits per heavy atom. The number of anilines is 1. The smallest absolute Gasteiger partial charge is 0.125 e. The summed E-state index contributed by atoms with van der Waals surface area (Å²) in [6.07, 6.45) is 1.72. The molecule has 96 valence electrons. The maximum Gasteiger partial charge on any atom is 0.125 e. The molecule has 3 heteroatoms. The standard InChI is InChI=1S/C15H19NO2/c1-4-17-13-5-6-14(12(3)9-13)16-10-15-11(2)7-8-18-15/h5-9,16H,4,10H2,1-3H3. The van der Waals surface area contributed by atoms with E-state index in [1.54, 1.807) is 6.26 Å². The quantitative estimate of drug-likeness (QED) is 0.867. The van der Waals surface area contributed by atoms with Crippen LogP contribution >= 0.6 is 0 Å². The number of furan rings is 1. The molecule has 1 aromatic heterocycles. The molecule has 3 nitrogen and oxygen atoms in total. The molecule has 0 bridgehead atoms. The number of rotatable bonds is 5. The largest absolute Gasteiger partial charge is 0.494 e. The SMILES string of the molecule is CCOc1ccc(NCc2occc2C)c(C)c1. The Hall–Kier alpha value is -1.90. The zero-order chi connectivity index (χ0) is 13.0. The van der Waals surface area contributed by atoms with E-state index in [0.717, 1.165) is 17.2 Å². The van der Waals surface area contributed by atoms with E-state index in [9.17, 15) is 0 Å². The lowest BCUT2D eigenvalue weighted by Gasteiger charge is -2.11. The number of aryl methyl sites for hydroxylation is 2. The molecule has 0 amide bonds. The summed E-state index contributed by atoms with van der Waals surface area (Å²) in [5.74, 6) is 1.89. The van der Waals surface area contributed by atoms with Crippen LogP contribution in [0, 0.1) is 13.8 Å². The average Bonchev–Trinajstić information content (AvgIpc) is 2.74. The molecule has 0 aliphatic carbocycles. The number of hydrogen-bond acceptors (Lipinski definition) is 3. The summed E-state index contributed by atoms with van der Waals surface area (Å²) in [6, 6.07) is 8.04. The fourth-order valence-corrected chi connectivity index (χ4v) is 1.85. The predicted octanol–water partition coefficient (Wildman–Crippen LogP) is 3.91. The summed E-state index contributed by atoms with van der Waals surface area (Å²) in [5.41, 5.74) is 3.45. The number of ether oxygens (including phenoxy) is 1. The third-order valence-corrected chi connectivity index (χ3v) is 2.92. The summed E-state index contributed by atoms with van der Waals surface area (Å²) in [6.45, 7) is 7.50. The molecule has 0 radical (unpaired) electrons. The van der Waals surface area contributed by atoms with Crippen LogP contribution in [0.25, 0.3) is 0 Å². The van der Waals surface area contributed by atoms with Gasteiger partial charge >= 0.3 is 0 Å². The van der Waals surface area contributed by atoms with E-state index < -0.39 is 0 Å². The molecule has 1 aromatic carbocycles. The van der Waals surface area contributed by atoms with Crippen molar-refractivity contribution in [2.75, 3.05) is 11.9 Å². The molecule has 0 aliphatic heterocycles. The summed E-state index contributed by atoms with van der Waals surface area (Å²) < 4.78 is 10.9. The lowest BCUT2D eigenvalue weighted by Crippen LogP contribution is -2.01. The van der Waals surface area contributed by atoms with Crippen LogP contribution in [0.15, 0.2) is 34.9 Å². The van der Waals surface area contributed by atoms with Crippen molar-refractivity contribution < 1.29 is 9.15 Å². The first-order valence-corrected chi connectivity index (χ1v) is 6.21. The Labute approximate surface area is 108 Å². The van der Waals surface area contributed by atoms with Gasteiger partial charge in [0.2, 0.25) is 0 Å². The number of hydrogen-bond donors (Lipinski definition) is 1. The maximum atomic E-state index is 5.46. The summed E-state index contributed by atoms with van der Waals surface area (Å²) in [7, 11) is 0. The van der Waals surface area contributed by atoms with Crippen LogP contribution in [0.2, 0.25) is 0 Å². The first-order chi connectivity index (χ1) is 8.70. The highest BCUT2D eigenvalue weighted by molar-refractivity contribution is 5.53. The second kappa shape index (κ2) is 5.63. The lowest BCUT2D eigenvalue weighted by molar-refractivity contribution is 0.340. The van der Waals surface area contributed by atoms with E-state index in [1.165, 1.54) is 11.1 Å². The van der Waals surface area contributed by atoms with E-state index >= 15 is 0 Å². The molecular weight excluding hydrogens is 226 g/mol. The topological polar surface area (TPSA) is 34.4 Å². The van der Waals surface area contributed by atoms with Crippen molar-refractivity contribution in [1.82, 2.24) is 0 Å². The predicted molar refractivity (Wildman–Crippen MR) is 73.1 cm³/mol. The van der Waals surface area contributed by atoms with Gasteiger partial charge in [0, 0.05) is 5.69 Å². The van der Waals surface area contributed by atoms with E-state index in [1.807, 2.05) is 38.1 Å². The third-order valence-electron chi connectivity index (χ3n) is 2.92. The van der Waals surface area contributed by atoms with E-state index in [4.69, 9.17) is 9.15 Å². The van der Waals surface area contributed by atoms with Crippen molar-refractivity contribution >= 4 is 5.69 Å². The minimum absolute atomic E-state index is 0.692. The maximum absolute atomic E-state index is 5.46. The van der Waals surface area contributed by atoms with E-state index in [2.05, 4.69) is 12.2 Å². The molecular formula is C15H19NO2. The van der Waals surface area contributed by atoms with Crippen molar-refractivity contribution in [2.24, 2.45) is 0 Å². The summed E-state index contributed by atoms with van der Waals surface area (Å²) in [4.78, 5) is 0. The van der Waals surface area contributed by atoms with E-state index in [0.29, 0.717) is 13.2 Å². The molecule has 0 unspecified atom stereocenters. The van der Waals surface area contributed by atoms with Gasteiger partial charge in [-0.25, -0.2) is 0 Å². The van der Waals surface area contributed by atoms with Gasteiger partial charge < -0.3 is 14.5 Å². The minimum Gasteiger partial charge on any atom is -0.494 e. The van der Waals surface area contributed by atoms with Gasteiger partial charge in [0.15, 0.2) is 0 Å². The Morgan fingerprint density at radius 1 is 1.17 bits per heavy atom. The molecule has 0 fully saturated rings. The van der Waals surface area contributed by atoms with Gasteiger partial charge in [0.05, 0.1) is 19.4 Å². The zero-order valence-electron chi connectivity index (χ0n) is 11.1. The highest BCUT2D eigenvalue weighted by atomic mass is 16.5. The minimum atomic E-state index is 0.692. The van der Waals surface area contributed by atoms with Gasteiger partial charge in [0.1, 0.15) is 11.5 Å². The molecule has 0 saturated carbocycles. The van der Waals surface area contributed by atoms with Gasteiger partial charge in [0.25, 0.3) is 0 Å². The fraction of sp³-hybridized carbons (Fsp3) is 0.333. The molecule has 1 heterocycles. The van der Waals surface area contributed by atoms with Gasteiger partial charge in [-0.2, -0.15) is 0 Å². The van der Waals surface area contributed by atoms with Crippen LogP contribution in [0.5, 0.6) is 5.75 Å². The summed E-state index contributed by atoms with van der Waals surface area (Å²) in [5, 5.41) is 3.38. The van der Waals surface area contributed by atoms with Gasteiger partial charge in [-0.15, -0.1) is 0 Å². The highest BCUT2D eigenvalue weighted by Gasteiger charge is 2.04. The Balaban J connectivity index is 2.03. The highest BCUT2D eigenvalue weighted by Crippen LogP contribution is 2.22. The van der Waals surface area contributed by atoms with Crippen molar-refractivity contribution in [3.05, 3.63) is 47.4 Å². The molecule has 18 heavy (non-hydrogen) atoms. The van der Waals surface area contributed by atoms with Crippen LogP contribution in [0.1, 0.15) is 23.8 Å². The molecule has 0 spiro atoms. The molecule has 0 aliphatic rings. The number of benzene rings is 1. The fourth-order valence-electron chi connectivity index (χ4n) is 1.85. The molecule has 0 atom stereocenters. The van der Waals surface area contributed by atoms with Crippen LogP contribution in [-0.2, 0) is 6.54 Å². The van der Waals surface area contributed by atoms with Crippen molar-refractivity contribution in [3.63, 3.8) is 0 Å². The first-order valence-electron chi connectivity index (χ1n) is 6.21. The monoisotopic (exact) mass is 245 g/mol. The van der Waals surface area contributed by atoms with Crippen molar-refractivity contribution in [1.29, 1.82) is 0 Å². The zero-order valence-corrected chi connectivity index (χ0v) is 11.1. The lowest BCUT2D eigenvalue weighted by atomic mass is 10.2. The summed E-state index contributed by atoms with van der Waals surface area (Å²) >= 11 is 0. The Bertz CT molecular complexity index is 517. The van der Waals surface area contributed by atoms with Crippen molar-refractivity contribution in [3.8, 4) is 5.75 Å². The second-order valence-electron chi connectivity index (χ2n) is 4.29. The third kappa shape index (κ3) is 2.86. The molecule has 1 N–H and O–H groups in total. The Morgan fingerprint density at radius 2 is 2.00 bits per heavy atom. The number of nitrogens with one attached hydrogen (secondary N) is 1. The van der Waals surface area contributed by atoms with Crippen LogP contribution in [0.4, 0.5) is 5.69 Å². The van der Waals surface area contributed by atoms with Crippen LogP contribution in [0.3, 0.4) is 0 Å². The van der Waals surface area contributed by atoms with Gasteiger partial charge in [-0.1, -0.05) is 0 Å². The molecule has 0 saturated heterocycles. The second-order valence-corrected chi connectivity index (χ2v) is 4.29.